The molecule has 1 N–H and O–H groups in total. The molecule has 0 atom stereocenters. The van der Waals surface area contributed by atoms with Gasteiger partial charge in [-0.25, -0.2) is 0 Å². The molecule has 0 aliphatic carbocycles. The van der Waals surface area contributed by atoms with Crippen molar-refractivity contribution in [3.8, 4) is 0 Å². The Morgan fingerprint density at radius 1 is 1.40 bits per heavy atom. The first kappa shape index (κ1) is 12.7. The van der Waals surface area contributed by atoms with Gasteiger partial charge < -0.3 is 5.32 Å². The van der Waals surface area contributed by atoms with Gasteiger partial charge in [-0.05, 0) is 38.3 Å². The van der Waals surface area contributed by atoms with Gasteiger partial charge in [-0.15, -0.1) is 0 Å². The van der Waals surface area contributed by atoms with Crippen molar-refractivity contribution in [3.63, 3.8) is 0 Å². The molecule has 1 aromatic rings. The highest BCUT2D eigenvalue weighted by Crippen LogP contribution is 2.11. The molecule has 0 saturated heterocycles. The maximum Gasteiger partial charge on any atom is 0.0313 e. The first-order valence-electron chi connectivity index (χ1n) is 5.25. The first-order chi connectivity index (χ1) is 7.03. The summed E-state index contributed by atoms with van der Waals surface area (Å²) >= 11 is 3.47. The predicted octanol–water partition coefficient (Wildman–Crippen LogP) is 3.04. The number of alkyl halides is 1. The monoisotopic (exact) mass is 270 g/mol. The van der Waals surface area contributed by atoms with Gasteiger partial charge in [-0.3, -0.25) is 4.98 Å². The molecule has 0 aliphatic rings. The summed E-state index contributed by atoms with van der Waals surface area (Å²) in [5.41, 5.74) is 2.64. The molecule has 1 aromatic heterocycles. The van der Waals surface area contributed by atoms with Crippen LogP contribution in [0.2, 0.25) is 0 Å². The number of rotatable bonds is 5. The van der Waals surface area contributed by atoms with E-state index in [2.05, 4.69) is 53.1 Å². The summed E-state index contributed by atoms with van der Waals surface area (Å²) in [6.07, 6.45) is 4.92. The number of nitrogens with one attached hydrogen (secondary N) is 1. The Hall–Kier alpha value is -0.410. The van der Waals surface area contributed by atoms with Gasteiger partial charge in [0.05, 0.1) is 0 Å². The third-order valence-electron chi connectivity index (χ3n) is 2.42. The Labute approximate surface area is 101 Å². The molecule has 0 aliphatic heterocycles. The van der Waals surface area contributed by atoms with Crippen molar-refractivity contribution < 1.29 is 0 Å². The molecule has 84 valence electrons. The number of aromatic nitrogens is 1. The Bertz CT molecular complexity index is 310. The van der Waals surface area contributed by atoms with Crippen LogP contribution in [-0.2, 0) is 6.54 Å². The van der Waals surface area contributed by atoms with Crippen LogP contribution in [0, 0.1) is 6.92 Å². The lowest BCUT2D eigenvalue weighted by Gasteiger charge is -2.25. The fraction of sp³-hybridized carbons (Fsp3) is 0.583. The van der Waals surface area contributed by atoms with Crippen LogP contribution in [0.3, 0.4) is 0 Å². The smallest absolute Gasteiger partial charge is 0.0313 e. The number of aryl methyl sites for hydroxylation is 1. The van der Waals surface area contributed by atoms with Crippen molar-refractivity contribution in [3.05, 3.63) is 29.6 Å². The van der Waals surface area contributed by atoms with Crippen molar-refractivity contribution in [2.45, 2.75) is 39.3 Å². The van der Waals surface area contributed by atoms with E-state index in [9.17, 15) is 0 Å². The molecule has 1 heterocycles. The molecule has 0 saturated carbocycles. The number of halogens is 1. The van der Waals surface area contributed by atoms with Gasteiger partial charge >= 0.3 is 0 Å². The topological polar surface area (TPSA) is 24.9 Å². The summed E-state index contributed by atoms with van der Waals surface area (Å²) in [5.74, 6) is 0. The summed E-state index contributed by atoms with van der Waals surface area (Å²) < 4.78 is 0. The second-order valence-corrected chi connectivity index (χ2v) is 5.34. The average molecular weight is 271 g/mol. The Balaban J connectivity index is 2.49. The molecule has 1 rings (SSSR count). The van der Waals surface area contributed by atoms with Crippen LogP contribution < -0.4 is 5.32 Å². The molecular weight excluding hydrogens is 252 g/mol. The Morgan fingerprint density at radius 2 is 2.13 bits per heavy atom. The molecule has 0 bridgehead atoms. The summed E-state index contributed by atoms with van der Waals surface area (Å²) in [6.45, 7) is 7.39. The molecular formula is C12H19BrN2. The summed E-state index contributed by atoms with van der Waals surface area (Å²) in [4.78, 5) is 4.18. The van der Waals surface area contributed by atoms with Crippen molar-refractivity contribution in [1.82, 2.24) is 10.3 Å². The number of pyridine rings is 1. The van der Waals surface area contributed by atoms with E-state index in [4.69, 9.17) is 0 Å². The molecule has 0 unspecified atom stereocenters. The van der Waals surface area contributed by atoms with Crippen LogP contribution in [0.5, 0.6) is 0 Å². The highest BCUT2D eigenvalue weighted by molar-refractivity contribution is 9.09. The third-order valence-corrected chi connectivity index (χ3v) is 2.82. The van der Waals surface area contributed by atoms with Crippen molar-refractivity contribution in [2.75, 3.05) is 5.33 Å². The fourth-order valence-electron chi connectivity index (χ4n) is 1.38. The third kappa shape index (κ3) is 4.76. The standard InChI is InChI=1S/C12H19BrN2/c1-10-6-11(8-14-7-10)9-15-12(2,3)4-5-13/h6-8,15H,4-5,9H2,1-3H3. The normalized spacial score (nSPS) is 11.7. The molecule has 0 fully saturated rings. The Kier molecular flexibility index (Phi) is 4.74. The van der Waals surface area contributed by atoms with Crippen LogP contribution in [-0.4, -0.2) is 15.9 Å². The molecule has 3 heteroatoms. The predicted molar refractivity (Wildman–Crippen MR) is 68.3 cm³/mol. The Morgan fingerprint density at radius 3 is 2.73 bits per heavy atom. The number of hydrogen-bond acceptors (Lipinski definition) is 2. The van der Waals surface area contributed by atoms with Gasteiger partial charge in [0.2, 0.25) is 0 Å². The lowest BCUT2D eigenvalue weighted by molar-refractivity contribution is 0.378. The highest BCUT2D eigenvalue weighted by atomic mass is 79.9. The fourth-order valence-corrected chi connectivity index (χ4v) is 2.37. The first-order valence-corrected chi connectivity index (χ1v) is 6.37. The van der Waals surface area contributed by atoms with Crippen LogP contribution in [0.25, 0.3) is 0 Å². The molecule has 0 amide bonds. The maximum absolute atomic E-state index is 4.18. The van der Waals surface area contributed by atoms with E-state index in [1.54, 1.807) is 0 Å². The zero-order valence-corrected chi connectivity index (χ0v) is 11.3. The van der Waals surface area contributed by atoms with Crippen molar-refractivity contribution in [2.24, 2.45) is 0 Å². The summed E-state index contributed by atoms with van der Waals surface area (Å²) in [5, 5.41) is 4.56. The zero-order chi connectivity index (χ0) is 11.3. The number of hydrogen-bond donors (Lipinski definition) is 1. The van der Waals surface area contributed by atoms with Gasteiger partial charge in [-0.2, -0.15) is 0 Å². The van der Waals surface area contributed by atoms with Gasteiger partial charge in [0.15, 0.2) is 0 Å². The van der Waals surface area contributed by atoms with E-state index in [1.807, 2.05) is 12.4 Å². The minimum atomic E-state index is 0.174. The molecule has 15 heavy (non-hydrogen) atoms. The van der Waals surface area contributed by atoms with E-state index in [-0.39, 0.29) is 5.54 Å². The molecule has 0 spiro atoms. The molecule has 2 nitrogen and oxygen atoms in total. The second kappa shape index (κ2) is 5.61. The second-order valence-electron chi connectivity index (χ2n) is 4.55. The van der Waals surface area contributed by atoms with Gasteiger partial charge in [0.25, 0.3) is 0 Å². The maximum atomic E-state index is 4.18. The molecule has 0 aromatic carbocycles. The number of nitrogens with zero attached hydrogens (tertiary/aromatic N) is 1. The molecule has 0 radical (unpaired) electrons. The average Bonchev–Trinajstić information content (AvgIpc) is 2.15. The van der Waals surface area contributed by atoms with Crippen LogP contribution in [0.15, 0.2) is 18.5 Å². The van der Waals surface area contributed by atoms with Crippen LogP contribution >= 0.6 is 15.9 Å². The quantitative estimate of drug-likeness (QED) is 0.833. The van der Waals surface area contributed by atoms with E-state index in [0.717, 1.165) is 18.3 Å². The van der Waals surface area contributed by atoms with E-state index >= 15 is 0 Å². The van der Waals surface area contributed by atoms with E-state index in [1.165, 1.54) is 11.1 Å². The summed E-state index contributed by atoms with van der Waals surface area (Å²) in [7, 11) is 0. The van der Waals surface area contributed by atoms with E-state index < -0.39 is 0 Å². The van der Waals surface area contributed by atoms with Gasteiger partial charge in [0, 0.05) is 29.8 Å². The van der Waals surface area contributed by atoms with Crippen LogP contribution in [0.4, 0.5) is 0 Å². The van der Waals surface area contributed by atoms with Crippen molar-refractivity contribution >= 4 is 15.9 Å². The summed E-state index contributed by atoms with van der Waals surface area (Å²) in [6, 6.07) is 2.17. The van der Waals surface area contributed by atoms with Gasteiger partial charge in [-0.1, -0.05) is 22.0 Å². The lowest BCUT2D eigenvalue weighted by atomic mass is 10.0. The largest absolute Gasteiger partial charge is 0.308 e. The zero-order valence-electron chi connectivity index (χ0n) is 9.68. The SMILES string of the molecule is Cc1cncc(CNC(C)(C)CCBr)c1. The van der Waals surface area contributed by atoms with Crippen molar-refractivity contribution in [1.29, 1.82) is 0 Å². The van der Waals surface area contributed by atoms with E-state index in [0.29, 0.717) is 0 Å². The van der Waals surface area contributed by atoms with Gasteiger partial charge in [0.1, 0.15) is 0 Å². The minimum absolute atomic E-state index is 0.174. The van der Waals surface area contributed by atoms with Crippen LogP contribution in [0.1, 0.15) is 31.4 Å². The minimum Gasteiger partial charge on any atom is -0.308 e. The highest BCUT2D eigenvalue weighted by Gasteiger charge is 2.15. The lowest BCUT2D eigenvalue weighted by Crippen LogP contribution is -2.39.